The Kier molecular flexibility index (Phi) is 3.53. The number of aryl methyl sites for hydroxylation is 1. The molecule has 23 heavy (non-hydrogen) atoms. The van der Waals surface area contributed by atoms with Crippen molar-refractivity contribution in [3.05, 3.63) is 62.9 Å². The molecule has 0 unspecified atom stereocenters. The zero-order valence-electron chi connectivity index (χ0n) is 12.6. The summed E-state index contributed by atoms with van der Waals surface area (Å²) >= 11 is 0. The van der Waals surface area contributed by atoms with Gasteiger partial charge in [-0.2, -0.15) is 0 Å². The van der Waals surface area contributed by atoms with Crippen molar-refractivity contribution in [2.45, 2.75) is 0 Å². The van der Waals surface area contributed by atoms with Crippen LogP contribution in [0.4, 0.5) is 11.4 Å². The minimum absolute atomic E-state index is 0.0870. The summed E-state index contributed by atoms with van der Waals surface area (Å²) in [5, 5.41) is 14.0. The largest absolute Gasteiger partial charge is 0.388 e. The van der Waals surface area contributed by atoms with Crippen LogP contribution in [0.25, 0.3) is 22.3 Å². The van der Waals surface area contributed by atoms with Gasteiger partial charge in [0.1, 0.15) is 5.69 Å². The lowest BCUT2D eigenvalue weighted by molar-refractivity contribution is -0.384. The van der Waals surface area contributed by atoms with Crippen LogP contribution >= 0.6 is 0 Å². The Morgan fingerprint density at radius 1 is 1.22 bits per heavy atom. The molecule has 7 heteroatoms. The van der Waals surface area contributed by atoms with Gasteiger partial charge in [-0.3, -0.25) is 14.9 Å². The van der Waals surface area contributed by atoms with E-state index in [-0.39, 0.29) is 16.9 Å². The molecule has 0 saturated heterocycles. The summed E-state index contributed by atoms with van der Waals surface area (Å²) in [6.45, 7) is 0. The zero-order chi connectivity index (χ0) is 16.6. The van der Waals surface area contributed by atoms with Crippen molar-refractivity contribution in [3.63, 3.8) is 0 Å². The van der Waals surface area contributed by atoms with Crippen LogP contribution < -0.4 is 10.9 Å². The van der Waals surface area contributed by atoms with Gasteiger partial charge in [0.25, 0.3) is 11.2 Å². The smallest absolute Gasteiger partial charge is 0.277 e. The molecule has 0 aliphatic rings. The van der Waals surface area contributed by atoms with Crippen molar-refractivity contribution in [2.24, 2.45) is 7.05 Å². The number of nitrogens with zero attached hydrogens (tertiary/aromatic N) is 3. The predicted molar refractivity (Wildman–Crippen MR) is 88.6 cm³/mol. The fraction of sp³-hybridized carbons (Fsp3) is 0.125. The number of para-hydroxylation sites is 2. The summed E-state index contributed by atoms with van der Waals surface area (Å²) in [5.74, 6) is 0. The molecular weight excluding hydrogens is 296 g/mol. The summed E-state index contributed by atoms with van der Waals surface area (Å²) in [6.07, 6.45) is 0. The van der Waals surface area contributed by atoms with Crippen molar-refractivity contribution < 1.29 is 4.92 Å². The van der Waals surface area contributed by atoms with E-state index >= 15 is 0 Å². The molecule has 0 fully saturated rings. The number of rotatable bonds is 3. The number of anilines is 1. The molecule has 0 bridgehead atoms. The fourth-order valence-corrected chi connectivity index (χ4v) is 2.51. The normalized spacial score (nSPS) is 10.7. The van der Waals surface area contributed by atoms with E-state index in [1.165, 1.54) is 16.7 Å². The van der Waals surface area contributed by atoms with Crippen LogP contribution in [0.3, 0.4) is 0 Å². The van der Waals surface area contributed by atoms with Crippen LogP contribution in [0.15, 0.2) is 47.3 Å². The molecule has 0 atom stereocenters. The first kappa shape index (κ1) is 14.7. The van der Waals surface area contributed by atoms with E-state index < -0.39 is 4.92 Å². The van der Waals surface area contributed by atoms with E-state index in [9.17, 15) is 14.9 Å². The molecule has 3 rings (SSSR count). The average molecular weight is 310 g/mol. The highest BCUT2D eigenvalue weighted by molar-refractivity contribution is 5.82. The molecule has 3 aromatic rings. The third kappa shape index (κ3) is 2.42. The van der Waals surface area contributed by atoms with Gasteiger partial charge >= 0.3 is 0 Å². The third-order valence-corrected chi connectivity index (χ3v) is 3.72. The van der Waals surface area contributed by atoms with Gasteiger partial charge in [0.15, 0.2) is 0 Å². The topological polar surface area (TPSA) is 90.1 Å². The Morgan fingerprint density at radius 2 is 1.96 bits per heavy atom. The van der Waals surface area contributed by atoms with Crippen LogP contribution in [0.1, 0.15) is 0 Å². The van der Waals surface area contributed by atoms with Crippen LogP contribution in [0.2, 0.25) is 0 Å². The Morgan fingerprint density at radius 3 is 2.65 bits per heavy atom. The molecule has 1 heterocycles. The number of nitro benzene ring substituents is 1. The summed E-state index contributed by atoms with van der Waals surface area (Å²) in [7, 11) is 3.35. The van der Waals surface area contributed by atoms with Gasteiger partial charge in [0, 0.05) is 37.5 Å². The fourth-order valence-electron chi connectivity index (χ4n) is 2.51. The summed E-state index contributed by atoms with van der Waals surface area (Å²) in [5.41, 5.74) is 2.16. The van der Waals surface area contributed by atoms with Crippen molar-refractivity contribution in [2.75, 3.05) is 12.4 Å². The van der Waals surface area contributed by atoms with Crippen LogP contribution in [-0.4, -0.2) is 21.5 Å². The first-order valence-electron chi connectivity index (χ1n) is 6.95. The lowest BCUT2D eigenvalue weighted by atomic mass is 10.1. The quantitative estimate of drug-likeness (QED) is 0.593. The SMILES string of the molecule is CNc1ccc([N+](=O)[O-])cc1-c1nc2ccccc2n(C)c1=O. The molecule has 1 N–H and O–H groups in total. The molecule has 116 valence electrons. The minimum Gasteiger partial charge on any atom is -0.388 e. The number of fused-ring (bicyclic) bond motifs is 1. The highest BCUT2D eigenvalue weighted by atomic mass is 16.6. The Balaban J connectivity index is 2.36. The number of nitrogens with one attached hydrogen (secondary N) is 1. The van der Waals surface area contributed by atoms with Gasteiger partial charge in [0.05, 0.1) is 16.0 Å². The van der Waals surface area contributed by atoms with Gasteiger partial charge in [-0.25, -0.2) is 4.98 Å². The second-order valence-corrected chi connectivity index (χ2v) is 5.05. The summed E-state index contributed by atoms with van der Waals surface area (Å²) < 4.78 is 1.50. The summed E-state index contributed by atoms with van der Waals surface area (Å²) in [4.78, 5) is 27.6. The molecule has 0 spiro atoms. The predicted octanol–water partition coefficient (Wildman–Crippen LogP) is 2.55. The number of benzene rings is 2. The monoisotopic (exact) mass is 310 g/mol. The van der Waals surface area contributed by atoms with Crippen LogP contribution in [-0.2, 0) is 7.05 Å². The third-order valence-electron chi connectivity index (χ3n) is 3.72. The maximum atomic E-state index is 12.6. The second kappa shape index (κ2) is 5.53. The lowest BCUT2D eigenvalue weighted by Gasteiger charge is -2.11. The molecule has 1 aromatic heterocycles. The Hall–Kier alpha value is -3.22. The van der Waals surface area contributed by atoms with E-state index in [2.05, 4.69) is 10.3 Å². The van der Waals surface area contributed by atoms with E-state index in [4.69, 9.17) is 0 Å². The lowest BCUT2D eigenvalue weighted by Crippen LogP contribution is -2.21. The second-order valence-electron chi connectivity index (χ2n) is 5.05. The molecular formula is C16H14N4O3. The van der Waals surface area contributed by atoms with E-state index in [1.807, 2.05) is 12.1 Å². The zero-order valence-corrected chi connectivity index (χ0v) is 12.6. The van der Waals surface area contributed by atoms with Gasteiger partial charge in [0.2, 0.25) is 0 Å². The molecule has 0 saturated carbocycles. The van der Waals surface area contributed by atoms with Gasteiger partial charge in [-0.1, -0.05) is 12.1 Å². The molecule has 0 aliphatic carbocycles. The van der Waals surface area contributed by atoms with E-state index in [1.54, 1.807) is 32.3 Å². The van der Waals surface area contributed by atoms with Gasteiger partial charge in [-0.15, -0.1) is 0 Å². The average Bonchev–Trinajstić information content (AvgIpc) is 2.57. The molecule has 0 amide bonds. The number of hydrogen-bond donors (Lipinski definition) is 1. The molecule has 0 radical (unpaired) electrons. The van der Waals surface area contributed by atoms with Gasteiger partial charge in [-0.05, 0) is 18.2 Å². The molecule has 2 aromatic carbocycles. The minimum atomic E-state index is -0.492. The van der Waals surface area contributed by atoms with Crippen molar-refractivity contribution in [3.8, 4) is 11.3 Å². The Bertz CT molecular complexity index is 979. The van der Waals surface area contributed by atoms with Gasteiger partial charge < -0.3 is 9.88 Å². The molecule has 7 nitrogen and oxygen atoms in total. The number of non-ortho nitro benzene ring substituents is 1. The van der Waals surface area contributed by atoms with Crippen molar-refractivity contribution in [1.82, 2.24) is 9.55 Å². The van der Waals surface area contributed by atoms with E-state index in [0.717, 1.165) is 0 Å². The molecule has 0 aliphatic heterocycles. The Labute approximate surface area is 131 Å². The van der Waals surface area contributed by atoms with Crippen molar-refractivity contribution >= 4 is 22.4 Å². The summed E-state index contributed by atoms with van der Waals surface area (Å²) in [6, 6.07) is 11.6. The van der Waals surface area contributed by atoms with Crippen molar-refractivity contribution in [1.29, 1.82) is 0 Å². The maximum absolute atomic E-state index is 12.6. The first-order chi connectivity index (χ1) is 11.0. The number of aromatic nitrogens is 2. The van der Waals surface area contributed by atoms with E-state index in [0.29, 0.717) is 22.3 Å². The number of nitro groups is 1. The highest BCUT2D eigenvalue weighted by Crippen LogP contribution is 2.29. The van der Waals surface area contributed by atoms with Crippen LogP contribution in [0.5, 0.6) is 0 Å². The first-order valence-corrected chi connectivity index (χ1v) is 6.95. The number of hydrogen-bond acceptors (Lipinski definition) is 5. The van der Waals surface area contributed by atoms with Crippen LogP contribution in [0, 0.1) is 10.1 Å². The highest BCUT2D eigenvalue weighted by Gasteiger charge is 2.17. The maximum Gasteiger partial charge on any atom is 0.277 e. The standard InChI is InChI=1S/C16H14N4O3/c1-17-12-8-7-10(20(22)23)9-11(12)15-16(21)19(2)14-6-4-3-5-13(14)18-15/h3-9,17H,1-2H3.